The first-order chi connectivity index (χ1) is 10.6. The molecule has 1 heterocycles. The fourth-order valence-electron chi connectivity index (χ4n) is 2.82. The van der Waals surface area contributed by atoms with Gasteiger partial charge < -0.3 is 10.1 Å². The number of cyclic esters (lactones) is 1. The van der Waals surface area contributed by atoms with Gasteiger partial charge in [-0.3, -0.25) is 0 Å². The van der Waals surface area contributed by atoms with Gasteiger partial charge in [-0.1, -0.05) is 56.9 Å². The number of carbonyl (C=O) groups excluding carboxylic acids is 1. The van der Waals surface area contributed by atoms with Gasteiger partial charge in [0.1, 0.15) is 6.10 Å². The number of ether oxygens (including phenoxy) is 1. The zero-order valence-electron chi connectivity index (χ0n) is 13.7. The lowest BCUT2D eigenvalue weighted by Gasteiger charge is -2.20. The molecule has 1 aliphatic rings. The van der Waals surface area contributed by atoms with Crippen LogP contribution in [0.5, 0.6) is 0 Å². The molecule has 0 spiro atoms. The van der Waals surface area contributed by atoms with Crippen molar-refractivity contribution in [2.24, 2.45) is 0 Å². The number of hydrogen-bond donors (Lipinski definition) is 1. The van der Waals surface area contributed by atoms with Crippen molar-refractivity contribution >= 4 is 11.7 Å². The van der Waals surface area contributed by atoms with Crippen molar-refractivity contribution in [1.82, 2.24) is 0 Å². The molecule has 1 N–H and O–H groups in total. The van der Waals surface area contributed by atoms with Crippen LogP contribution in [0.15, 0.2) is 36.4 Å². The smallest absolute Gasteiger partial charge is 0.336 e. The van der Waals surface area contributed by atoms with Crippen molar-refractivity contribution in [3.63, 3.8) is 0 Å². The van der Waals surface area contributed by atoms with Crippen LogP contribution in [0, 0.1) is 6.92 Å². The van der Waals surface area contributed by atoms with E-state index < -0.39 is 0 Å². The van der Waals surface area contributed by atoms with Gasteiger partial charge in [0.25, 0.3) is 0 Å². The molecule has 0 saturated carbocycles. The van der Waals surface area contributed by atoms with Crippen LogP contribution in [0.3, 0.4) is 0 Å². The van der Waals surface area contributed by atoms with Gasteiger partial charge in [-0.15, -0.1) is 0 Å². The minimum absolute atomic E-state index is 0.0945. The molecular formula is C19H27NO2. The van der Waals surface area contributed by atoms with Crippen molar-refractivity contribution in [3.8, 4) is 0 Å². The van der Waals surface area contributed by atoms with Gasteiger partial charge >= 0.3 is 5.97 Å². The average Bonchev–Trinajstić information content (AvgIpc) is 2.77. The van der Waals surface area contributed by atoms with E-state index in [1.165, 1.54) is 31.2 Å². The minimum Gasteiger partial charge on any atom is -0.456 e. The Hall–Kier alpha value is -1.77. The number of hydrogen-bond acceptors (Lipinski definition) is 3. The molecule has 0 aliphatic carbocycles. The zero-order valence-corrected chi connectivity index (χ0v) is 13.7. The fraction of sp³-hybridized carbons (Fsp3) is 0.526. The molecule has 22 heavy (non-hydrogen) atoms. The molecule has 1 aromatic carbocycles. The normalized spacial score (nSPS) is 21.0. The summed E-state index contributed by atoms with van der Waals surface area (Å²) in [5, 5.41) is 3.41. The van der Waals surface area contributed by atoms with E-state index in [4.69, 9.17) is 4.74 Å². The SMILES string of the molecule is C=C1C(=O)O[C@H](CCCCCCC)[C@@H]1Nc1ccc(C)cc1. The molecule has 1 aromatic rings. The molecule has 0 aromatic heterocycles. The van der Waals surface area contributed by atoms with Gasteiger partial charge in [-0.2, -0.15) is 0 Å². The van der Waals surface area contributed by atoms with Gasteiger partial charge in [0.15, 0.2) is 0 Å². The average molecular weight is 301 g/mol. The number of carbonyl (C=O) groups is 1. The fourth-order valence-corrected chi connectivity index (χ4v) is 2.82. The third kappa shape index (κ3) is 4.36. The highest BCUT2D eigenvalue weighted by Crippen LogP contribution is 2.27. The van der Waals surface area contributed by atoms with Gasteiger partial charge in [0.2, 0.25) is 0 Å². The van der Waals surface area contributed by atoms with E-state index in [2.05, 4.69) is 37.9 Å². The molecule has 1 saturated heterocycles. The largest absolute Gasteiger partial charge is 0.456 e. The molecule has 120 valence electrons. The Morgan fingerprint density at radius 2 is 1.82 bits per heavy atom. The Labute approximate surface area is 133 Å². The number of esters is 1. The number of nitrogens with one attached hydrogen (secondary N) is 1. The van der Waals surface area contributed by atoms with Crippen LogP contribution in [0.2, 0.25) is 0 Å². The number of unbranched alkanes of at least 4 members (excludes halogenated alkanes) is 4. The van der Waals surface area contributed by atoms with E-state index in [0.717, 1.165) is 18.5 Å². The van der Waals surface area contributed by atoms with E-state index >= 15 is 0 Å². The third-order valence-electron chi connectivity index (χ3n) is 4.23. The van der Waals surface area contributed by atoms with Crippen LogP contribution in [-0.2, 0) is 9.53 Å². The molecule has 0 radical (unpaired) electrons. The topological polar surface area (TPSA) is 38.3 Å². The van der Waals surface area contributed by atoms with Crippen LogP contribution < -0.4 is 5.32 Å². The summed E-state index contributed by atoms with van der Waals surface area (Å²) in [6, 6.07) is 8.07. The molecule has 0 amide bonds. The van der Waals surface area contributed by atoms with E-state index in [1.807, 2.05) is 12.1 Å². The van der Waals surface area contributed by atoms with Crippen LogP contribution in [-0.4, -0.2) is 18.1 Å². The van der Waals surface area contributed by atoms with E-state index in [0.29, 0.717) is 5.57 Å². The lowest BCUT2D eigenvalue weighted by atomic mass is 10.00. The van der Waals surface area contributed by atoms with Gasteiger partial charge in [-0.05, 0) is 31.9 Å². The quantitative estimate of drug-likeness (QED) is 0.432. The predicted molar refractivity (Wildman–Crippen MR) is 91.0 cm³/mol. The molecule has 3 nitrogen and oxygen atoms in total. The van der Waals surface area contributed by atoms with E-state index in [1.54, 1.807) is 0 Å². The third-order valence-corrected chi connectivity index (χ3v) is 4.23. The second-order valence-corrected chi connectivity index (χ2v) is 6.16. The number of aryl methyl sites for hydroxylation is 1. The molecule has 1 aliphatic heterocycles. The highest BCUT2D eigenvalue weighted by Gasteiger charge is 2.38. The maximum Gasteiger partial charge on any atom is 0.336 e. The number of rotatable bonds is 8. The summed E-state index contributed by atoms with van der Waals surface area (Å²) >= 11 is 0. The van der Waals surface area contributed by atoms with E-state index in [9.17, 15) is 4.79 Å². The second kappa shape index (κ2) is 8.02. The Morgan fingerprint density at radius 1 is 1.14 bits per heavy atom. The summed E-state index contributed by atoms with van der Waals surface area (Å²) in [5.41, 5.74) is 2.76. The predicted octanol–water partition coefficient (Wildman–Crippen LogP) is 4.62. The first-order valence-electron chi connectivity index (χ1n) is 8.34. The maximum atomic E-state index is 11.8. The number of anilines is 1. The molecule has 0 bridgehead atoms. The van der Waals surface area contributed by atoms with E-state index in [-0.39, 0.29) is 18.1 Å². The Balaban J connectivity index is 1.91. The van der Waals surface area contributed by atoms with Crippen molar-refractivity contribution in [3.05, 3.63) is 42.0 Å². The first-order valence-corrected chi connectivity index (χ1v) is 8.34. The molecule has 3 heteroatoms. The van der Waals surface area contributed by atoms with Gasteiger partial charge in [0.05, 0.1) is 11.6 Å². The Morgan fingerprint density at radius 3 is 2.50 bits per heavy atom. The summed E-state index contributed by atoms with van der Waals surface area (Å²) < 4.78 is 5.49. The van der Waals surface area contributed by atoms with Crippen LogP contribution >= 0.6 is 0 Å². The maximum absolute atomic E-state index is 11.8. The summed E-state index contributed by atoms with van der Waals surface area (Å²) in [4.78, 5) is 11.8. The molecular weight excluding hydrogens is 274 g/mol. The highest BCUT2D eigenvalue weighted by atomic mass is 16.6. The standard InChI is InChI=1S/C19H27NO2/c1-4-5-6-7-8-9-17-18(15(3)19(21)22-17)20-16-12-10-14(2)11-13-16/h10-13,17-18,20H,3-9H2,1-2H3/t17-,18-/m1/s1. The summed E-state index contributed by atoms with van der Waals surface area (Å²) in [6.45, 7) is 8.17. The lowest BCUT2D eigenvalue weighted by Crippen LogP contribution is -2.30. The highest BCUT2D eigenvalue weighted by molar-refractivity contribution is 5.92. The van der Waals surface area contributed by atoms with Crippen molar-refractivity contribution in [1.29, 1.82) is 0 Å². The summed E-state index contributed by atoms with van der Waals surface area (Å²) in [7, 11) is 0. The Bertz CT molecular complexity index is 507. The van der Waals surface area contributed by atoms with Crippen molar-refractivity contribution < 1.29 is 9.53 Å². The molecule has 1 fully saturated rings. The lowest BCUT2D eigenvalue weighted by molar-refractivity contribution is -0.139. The van der Waals surface area contributed by atoms with Crippen LogP contribution in [0.4, 0.5) is 5.69 Å². The van der Waals surface area contributed by atoms with Gasteiger partial charge in [0, 0.05) is 5.69 Å². The Kier molecular flexibility index (Phi) is 6.05. The summed E-state index contributed by atoms with van der Waals surface area (Å²) in [6.07, 6.45) is 6.88. The first kappa shape index (κ1) is 16.6. The van der Waals surface area contributed by atoms with Crippen LogP contribution in [0.25, 0.3) is 0 Å². The molecule has 2 rings (SSSR count). The minimum atomic E-state index is -0.261. The van der Waals surface area contributed by atoms with Crippen molar-refractivity contribution in [2.75, 3.05) is 5.32 Å². The molecule has 2 atom stereocenters. The van der Waals surface area contributed by atoms with Crippen LogP contribution in [0.1, 0.15) is 51.0 Å². The summed E-state index contributed by atoms with van der Waals surface area (Å²) in [5.74, 6) is -0.261. The second-order valence-electron chi connectivity index (χ2n) is 6.16. The monoisotopic (exact) mass is 301 g/mol. The molecule has 0 unspecified atom stereocenters. The zero-order chi connectivity index (χ0) is 15.9. The van der Waals surface area contributed by atoms with Crippen molar-refractivity contribution in [2.45, 2.75) is 64.5 Å². The number of benzene rings is 1. The van der Waals surface area contributed by atoms with Gasteiger partial charge in [-0.25, -0.2) is 4.79 Å².